The number of esters is 1. The number of para-hydroxylation sites is 1. The zero-order chi connectivity index (χ0) is 16.9. The lowest BCUT2D eigenvalue weighted by Crippen LogP contribution is -2.67. The molecule has 1 aromatic rings. The maximum atomic E-state index is 12.3. The van der Waals surface area contributed by atoms with Crippen LogP contribution in [0, 0.1) is 17.3 Å². The zero-order valence-electron chi connectivity index (χ0n) is 14.7. The highest BCUT2D eigenvalue weighted by molar-refractivity contribution is 5.90. The molecule has 2 bridgehead atoms. The third-order valence-corrected chi connectivity index (χ3v) is 6.52. The van der Waals surface area contributed by atoms with Gasteiger partial charge in [-0.15, -0.1) is 0 Å². The van der Waals surface area contributed by atoms with Crippen molar-refractivity contribution < 1.29 is 9.53 Å². The molecular weight excluding hydrogens is 300 g/mol. The molecule has 128 valence electrons. The number of rotatable bonds is 3. The fourth-order valence-electron chi connectivity index (χ4n) is 5.14. The first-order valence-corrected chi connectivity index (χ1v) is 9.01. The molecule has 1 N–H and O–H groups in total. The van der Waals surface area contributed by atoms with Crippen LogP contribution in [0.3, 0.4) is 0 Å². The molecule has 4 aliphatic rings. The van der Waals surface area contributed by atoms with Crippen LogP contribution in [0.15, 0.2) is 42.1 Å². The lowest BCUT2D eigenvalue weighted by atomic mass is 9.43. The van der Waals surface area contributed by atoms with Gasteiger partial charge in [0.2, 0.25) is 0 Å². The number of hydrazine groups is 1. The molecule has 4 nitrogen and oxygen atoms in total. The standard InChI is InChI=1S/C20H26N2O2/c1-4-24-18(23)16-13-20(11-10-14-12-17(20)19(14,2)3)22(21-16)15-8-6-5-7-9-15/h5-9,13-14,17,21H,4,10-12H2,1-3H3/t14-,17+,20?/m0/s1. The molecule has 0 radical (unpaired) electrons. The lowest BCUT2D eigenvalue weighted by molar-refractivity contribution is -0.138. The van der Waals surface area contributed by atoms with Crippen molar-refractivity contribution in [2.24, 2.45) is 17.3 Å². The fraction of sp³-hybridized carbons (Fsp3) is 0.550. The Bertz CT molecular complexity index is 680. The Morgan fingerprint density at radius 3 is 2.71 bits per heavy atom. The van der Waals surface area contributed by atoms with Crippen molar-refractivity contribution in [2.45, 2.75) is 45.6 Å². The first-order valence-electron chi connectivity index (χ1n) is 9.01. The summed E-state index contributed by atoms with van der Waals surface area (Å²) in [5.74, 6) is 1.10. The van der Waals surface area contributed by atoms with Gasteiger partial charge in [0.05, 0.1) is 17.8 Å². The van der Waals surface area contributed by atoms with Crippen molar-refractivity contribution in [3.63, 3.8) is 0 Å². The lowest BCUT2D eigenvalue weighted by Gasteiger charge is -2.65. The number of fused-ring (bicyclic) bond motifs is 1. The van der Waals surface area contributed by atoms with Crippen LogP contribution >= 0.6 is 0 Å². The monoisotopic (exact) mass is 326 g/mol. The molecule has 1 heterocycles. The van der Waals surface area contributed by atoms with Crippen molar-refractivity contribution in [1.29, 1.82) is 0 Å². The van der Waals surface area contributed by atoms with Gasteiger partial charge in [-0.25, -0.2) is 4.79 Å². The zero-order valence-corrected chi connectivity index (χ0v) is 14.7. The molecule has 4 heteroatoms. The van der Waals surface area contributed by atoms with Crippen LogP contribution < -0.4 is 10.4 Å². The van der Waals surface area contributed by atoms with Crippen LogP contribution in [0.1, 0.15) is 40.0 Å². The number of anilines is 1. The molecule has 3 fully saturated rings. The van der Waals surface area contributed by atoms with Gasteiger partial charge in [0.25, 0.3) is 0 Å². The van der Waals surface area contributed by atoms with Gasteiger partial charge in [-0.1, -0.05) is 32.0 Å². The Balaban J connectivity index is 1.76. The smallest absolute Gasteiger partial charge is 0.355 e. The summed E-state index contributed by atoms with van der Waals surface area (Å²) < 4.78 is 5.25. The average molecular weight is 326 g/mol. The van der Waals surface area contributed by atoms with Gasteiger partial charge in [-0.05, 0) is 61.6 Å². The summed E-state index contributed by atoms with van der Waals surface area (Å²) in [6.45, 7) is 7.00. The van der Waals surface area contributed by atoms with E-state index in [2.05, 4.69) is 42.5 Å². The molecule has 1 aromatic carbocycles. The predicted octanol–water partition coefficient (Wildman–Crippen LogP) is 3.65. The van der Waals surface area contributed by atoms with E-state index >= 15 is 0 Å². The summed E-state index contributed by atoms with van der Waals surface area (Å²) in [5.41, 5.74) is 5.23. The van der Waals surface area contributed by atoms with Gasteiger partial charge in [0, 0.05) is 0 Å². The minimum atomic E-state index is -0.255. The van der Waals surface area contributed by atoms with Crippen molar-refractivity contribution in [2.75, 3.05) is 11.6 Å². The van der Waals surface area contributed by atoms with E-state index in [4.69, 9.17) is 4.74 Å². The van der Waals surface area contributed by atoms with E-state index in [-0.39, 0.29) is 11.5 Å². The van der Waals surface area contributed by atoms with Gasteiger partial charge in [0.1, 0.15) is 5.70 Å². The number of nitrogens with zero attached hydrogens (tertiary/aromatic N) is 1. The summed E-state index contributed by atoms with van der Waals surface area (Å²) in [6.07, 6.45) is 5.68. The third kappa shape index (κ3) is 2.01. The Labute approximate surface area is 143 Å². The van der Waals surface area contributed by atoms with Crippen LogP contribution in [0.25, 0.3) is 0 Å². The maximum Gasteiger partial charge on any atom is 0.355 e. The van der Waals surface area contributed by atoms with Crippen LogP contribution in [0.2, 0.25) is 0 Å². The third-order valence-electron chi connectivity index (χ3n) is 6.52. The SMILES string of the molecule is CCOC(=O)C1=CC2(CC[C@H]3C[C@@H]2C3(C)C)N(c2ccccc2)N1. The second-order valence-electron chi connectivity index (χ2n) is 7.90. The number of hydrogen-bond donors (Lipinski definition) is 1. The van der Waals surface area contributed by atoms with E-state index < -0.39 is 0 Å². The summed E-state index contributed by atoms with van der Waals surface area (Å²) in [7, 11) is 0. The molecule has 3 saturated carbocycles. The molecular formula is C20H26N2O2. The molecule has 1 aliphatic heterocycles. The van der Waals surface area contributed by atoms with E-state index in [1.165, 1.54) is 12.8 Å². The van der Waals surface area contributed by atoms with Crippen LogP contribution in [-0.4, -0.2) is 18.1 Å². The second kappa shape index (κ2) is 5.27. The molecule has 0 saturated heterocycles. The van der Waals surface area contributed by atoms with Gasteiger partial charge in [0.15, 0.2) is 0 Å². The number of hydrogen-bond acceptors (Lipinski definition) is 4. The second-order valence-corrected chi connectivity index (χ2v) is 7.90. The minimum Gasteiger partial charge on any atom is -0.461 e. The van der Waals surface area contributed by atoms with Gasteiger partial charge in [-0.2, -0.15) is 0 Å². The first-order chi connectivity index (χ1) is 11.5. The Kier molecular flexibility index (Phi) is 3.41. The summed E-state index contributed by atoms with van der Waals surface area (Å²) >= 11 is 0. The van der Waals surface area contributed by atoms with Crippen molar-refractivity contribution in [3.8, 4) is 0 Å². The number of ether oxygens (including phenoxy) is 1. The average Bonchev–Trinajstić information content (AvgIpc) is 2.94. The highest BCUT2D eigenvalue weighted by Crippen LogP contribution is 2.65. The normalized spacial score (nSPS) is 32.8. The minimum absolute atomic E-state index is 0.137. The highest BCUT2D eigenvalue weighted by atomic mass is 16.5. The number of carbonyl (C=O) groups excluding carboxylic acids is 1. The summed E-state index contributed by atoms with van der Waals surface area (Å²) in [5, 5.41) is 2.22. The van der Waals surface area contributed by atoms with Gasteiger partial charge >= 0.3 is 5.97 Å². The fourth-order valence-corrected chi connectivity index (χ4v) is 5.14. The quantitative estimate of drug-likeness (QED) is 0.861. The molecule has 3 aliphatic carbocycles. The van der Waals surface area contributed by atoms with E-state index in [1.54, 1.807) is 0 Å². The molecule has 1 unspecified atom stereocenters. The molecule has 24 heavy (non-hydrogen) atoms. The molecule has 0 aromatic heterocycles. The number of nitrogens with one attached hydrogen (secondary N) is 1. The van der Waals surface area contributed by atoms with Crippen LogP contribution in [0.4, 0.5) is 5.69 Å². The highest BCUT2D eigenvalue weighted by Gasteiger charge is 2.64. The van der Waals surface area contributed by atoms with E-state index in [1.807, 2.05) is 25.1 Å². The van der Waals surface area contributed by atoms with Crippen LogP contribution in [0.5, 0.6) is 0 Å². The van der Waals surface area contributed by atoms with E-state index in [0.717, 1.165) is 18.0 Å². The van der Waals surface area contributed by atoms with Crippen molar-refractivity contribution in [1.82, 2.24) is 5.43 Å². The molecule has 1 spiro atoms. The molecule has 5 rings (SSSR count). The van der Waals surface area contributed by atoms with Gasteiger partial charge < -0.3 is 4.74 Å². The van der Waals surface area contributed by atoms with Gasteiger partial charge in [-0.3, -0.25) is 10.4 Å². The van der Waals surface area contributed by atoms with Crippen LogP contribution in [-0.2, 0) is 9.53 Å². The predicted molar refractivity (Wildman–Crippen MR) is 94.1 cm³/mol. The summed E-state index contributed by atoms with van der Waals surface area (Å²) in [6, 6.07) is 10.3. The van der Waals surface area contributed by atoms with Crippen molar-refractivity contribution in [3.05, 3.63) is 42.1 Å². The number of carbonyl (C=O) groups is 1. The number of benzene rings is 1. The first kappa shape index (κ1) is 15.6. The Morgan fingerprint density at radius 1 is 1.33 bits per heavy atom. The maximum absolute atomic E-state index is 12.3. The van der Waals surface area contributed by atoms with E-state index in [0.29, 0.717) is 23.6 Å². The van der Waals surface area contributed by atoms with Crippen molar-refractivity contribution >= 4 is 11.7 Å². The Hall–Kier alpha value is -1.97. The topological polar surface area (TPSA) is 41.6 Å². The largest absolute Gasteiger partial charge is 0.461 e. The van der Waals surface area contributed by atoms with E-state index in [9.17, 15) is 4.79 Å². The molecule has 0 amide bonds. The summed E-state index contributed by atoms with van der Waals surface area (Å²) in [4.78, 5) is 12.3. The molecule has 3 atom stereocenters. The Morgan fingerprint density at radius 2 is 2.08 bits per heavy atom.